The first-order chi connectivity index (χ1) is 5.91. The van der Waals surface area contributed by atoms with Gasteiger partial charge in [0.25, 0.3) is 0 Å². The van der Waals surface area contributed by atoms with E-state index in [1.165, 1.54) is 2.89 Å². The van der Waals surface area contributed by atoms with Gasteiger partial charge in [0.1, 0.15) is 0 Å². The maximum absolute atomic E-state index is 10.5. The summed E-state index contributed by atoms with van der Waals surface area (Å²) in [5.41, 5.74) is 0.792. The molecule has 1 amide bonds. The van der Waals surface area contributed by atoms with Crippen LogP contribution in [0.3, 0.4) is 0 Å². The molecule has 0 aromatic carbocycles. The third-order valence-electron chi connectivity index (χ3n) is 1.59. The summed E-state index contributed by atoms with van der Waals surface area (Å²) < 4.78 is 1.27. The third-order valence-corrected chi connectivity index (χ3v) is 12.1. The van der Waals surface area contributed by atoms with Crippen molar-refractivity contribution >= 4 is 44.4 Å². The molecule has 1 aromatic rings. The van der Waals surface area contributed by atoms with Gasteiger partial charge in [-0.3, -0.25) is 0 Å². The van der Waals surface area contributed by atoms with E-state index >= 15 is 0 Å². The molecule has 0 spiro atoms. The SMILES string of the molecule is [CH3][Sn]([CH3])([CH3])[c]1sccc1NC(=O)O. The van der Waals surface area contributed by atoms with Crippen LogP contribution in [0.4, 0.5) is 10.5 Å². The van der Waals surface area contributed by atoms with E-state index in [4.69, 9.17) is 5.11 Å². The Bertz CT molecular complexity index is 316. The monoisotopic (exact) mass is 307 g/mol. The summed E-state index contributed by atoms with van der Waals surface area (Å²) in [7, 11) is 0. The number of carbonyl (C=O) groups is 1. The van der Waals surface area contributed by atoms with Crippen molar-refractivity contribution in [2.24, 2.45) is 0 Å². The first-order valence-corrected chi connectivity index (χ1v) is 14.9. The Labute approximate surface area is 85.7 Å². The molecule has 0 atom stereocenters. The third kappa shape index (κ3) is 2.87. The van der Waals surface area contributed by atoms with Gasteiger partial charge in [0.15, 0.2) is 0 Å². The number of carboxylic acid groups (broad SMARTS) is 1. The summed E-state index contributed by atoms with van der Waals surface area (Å²) >= 11 is -0.446. The van der Waals surface area contributed by atoms with Gasteiger partial charge in [-0.2, -0.15) is 0 Å². The van der Waals surface area contributed by atoms with Crippen LogP contribution in [0, 0.1) is 0 Å². The van der Waals surface area contributed by atoms with Gasteiger partial charge in [-0.25, -0.2) is 0 Å². The fourth-order valence-electron chi connectivity index (χ4n) is 1.10. The van der Waals surface area contributed by atoms with E-state index in [1.807, 2.05) is 11.4 Å². The van der Waals surface area contributed by atoms with Crippen LogP contribution in [0.5, 0.6) is 0 Å². The topological polar surface area (TPSA) is 49.3 Å². The van der Waals surface area contributed by atoms with Gasteiger partial charge < -0.3 is 0 Å². The van der Waals surface area contributed by atoms with Gasteiger partial charge >= 0.3 is 85.9 Å². The fourth-order valence-corrected chi connectivity index (χ4v) is 8.38. The van der Waals surface area contributed by atoms with Crippen molar-refractivity contribution in [1.29, 1.82) is 0 Å². The molecule has 0 aliphatic carbocycles. The molecule has 0 fully saturated rings. The molecule has 2 N–H and O–H groups in total. The molecule has 5 heteroatoms. The normalized spacial score (nSPS) is 11.3. The van der Waals surface area contributed by atoms with E-state index in [0.29, 0.717) is 0 Å². The van der Waals surface area contributed by atoms with Crippen molar-refractivity contribution in [2.45, 2.75) is 14.8 Å². The molecule has 13 heavy (non-hydrogen) atoms. The van der Waals surface area contributed by atoms with E-state index in [0.717, 1.165) is 5.69 Å². The Balaban J connectivity index is 2.96. The van der Waals surface area contributed by atoms with Crippen LogP contribution in [0.15, 0.2) is 11.4 Å². The predicted molar refractivity (Wildman–Crippen MR) is 58.9 cm³/mol. The van der Waals surface area contributed by atoms with Crippen LogP contribution >= 0.6 is 11.3 Å². The van der Waals surface area contributed by atoms with Crippen molar-refractivity contribution in [2.75, 3.05) is 5.32 Å². The second-order valence-electron chi connectivity index (χ2n) is 3.84. The number of anilines is 1. The van der Waals surface area contributed by atoms with Gasteiger partial charge in [0.05, 0.1) is 0 Å². The van der Waals surface area contributed by atoms with Crippen molar-refractivity contribution in [1.82, 2.24) is 0 Å². The molecule has 1 rings (SSSR count). The van der Waals surface area contributed by atoms with Crippen molar-refractivity contribution in [3.05, 3.63) is 11.4 Å². The van der Waals surface area contributed by atoms with Crippen LogP contribution in [-0.4, -0.2) is 29.6 Å². The van der Waals surface area contributed by atoms with E-state index in [-0.39, 0.29) is 0 Å². The van der Waals surface area contributed by atoms with Crippen molar-refractivity contribution < 1.29 is 9.90 Å². The predicted octanol–water partition coefficient (Wildman–Crippen LogP) is 2.38. The standard InChI is InChI=1S/C5H4NO2S.3CH3.Sn/c7-5(8)6-4-1-2-9-3-4;;;;/h1-2,6H,(H,7,8);3*1H3;. The summed E-state index contributed by atoms with van der Waals surface area (Å²) in [6, 6.07) is 1.84. The first kappa shape index (κ1) is 10.8. The van der Waals surface area contributed by atoms with Crippen molar-refractivity contribution in [3.8, 4) is 0 Å². The Morgan fingerprint density at radius 1 is 1.54 bits per heavy atom. The Kier molecular flexibility index (Phi) is 3.23. The Hall–Kier alpha value is -0.231. The van der Waals surface area contributed by atoms with E-state index in [1.54, 1.807) is 11.3 Å². The summed E-state index contributed by atoms with van der Waals surface area (Å²) in [6.07, 6.45) is -0.977. The van der Waals surface area contributed by atoms with E-state index in [9.17, 15) is 4.79 Å². The van der Waals surface area contributed by atoms with Gasteiger partial charge in [-0.05, 0) is 0 Å². The van der Waals surface area contributed by atoms with Crippen molar-refractivity contribution in [3.63, 3.8) is 0 Å². The van der Waals surface area contributed by atoms with Gasteiger partial charge in [-0.15, -0.1) is 0 Å². The first-order valence-electron chi connectivity index (χ1n) is 3.99. The zero-order valence-electron chi connectivity index (χ0n) is 7.92. The van der Waals surface area contributed by atoms with Crippen LogP contribution < -0.4 is 8.21 Å². The summed E-state index contributed by atoms with van der Waals surface area (Å²) in [5.74, 6) is 0. The Morgan fingerprint density at radius 3 is 2.62 bits per heavy atom. The number of thiophene rings is 1. The number of hydrogen-bond acceptors (Lipinski definition) is 2. The molecule has 0 aliphatic rings. The molecule has 3 nitrogen and oxygen atoms in total. The van der Waals surface area contributed by atoms with Crippen LogP contribution in [0.2, 0.25) is 14.8 Å². The minimum atomic E-state index is -2.11. The molecule has 1 aromatic heterocycles. The number of nitrogens with one attached hydrogen (secondary N) is 1. The zero-order valence-corrected chi connectivity index (χ0v) is 11.6. The molecular formula is C8H13NO2SSn. The molecule has 0 bridgehead atoms. The van der Waals surface area contributed by atoms with E-state index < -0.39 is 24.5 Å². The average molecular weight is 306 g/mol. The maximum atomic E-state index is 10.5. The molecular weight excluding hydrogens is 293 g/mol. The minimum absolute atomic E-state index is 0.792. The number of rotatable bonds is 2. The zero-order chi connectivity index (χ0) is 10.1. The molecule has 1 heterocycles. The molecule has 0 unspecified atom stereocenters. The van der Waals surface area contributed by atoms with Gasteiger partial charge in [0, 0.05) is 0 Å². The second kappa shape index (κ2) is 3.87. The van der Waals surface area contributed by atoms with Crippen LogP contribution in [0.1, 0.15) is 0 Å². The average Bonchev–Trinajstić information content (AvgIpc) is 2.31. The molecule has 0 saturated heterocycles. The van der Waals surface area contributed by atoms with Gasteiger partial charge in [0.2, 0.25) is 0 Å². The molecule has 0 aliphatic heterocycles. The van der Waals surface area contributed by atoms with Crippen LogP contribution in [0.25, 0.3) is 0 Å². The number of amides is 1. The van der Waals surface area contributed by atoms with Gasteiger partial charge in [-0.1, -0.05) is 0 Å². The summed E-state index contributed by atoms with van der Waals surface area (Å²) in [4.78, 5) is 17.3. The van der Waals surface area contributed by atoms with E-state index in [2.05, 4.69) is 20.1 Å². The fraction of sp³-hybridized carbons (Fsp3) is 0.375. The second-order valence-corrected chi connectivity index (χ2v) is 20.1. The summed E-state index contributed by atoms with van der Waals surface area (Å²) in [5, 5.41) is 13.0. The summed E-state index contributed by atoms with van der Waals surface area (Å²) in [6.45, 7) is 0. The molecule has 72 valence electrons. The molecule has 0 saturated carbocycles. The number of hydrogen-bond donors (Lipinski definition) is 2. The van der Waals surface area contributed by atoms with Crippen LogP contribution in [-0.2, 0) is 0 Å². The quantitative estimate of drug-likeness (QED) is 0.824. The molecule has 0 radical (unpaired) electrons. The Morgan fingerprint density at radius 2 is 2.15 bits per heavy atom.